The summed E-state index contributed by atoms with van der Waals surface area (Å²) in [5.41, 5.74) is 2.16. The van der Waals surface area contributed by atoms with Gasteiger partial charge in [-0.3, -0.25) is 39.2 Å². The largest absolute Gasteiger partial charge is 0.491 e. The molecule has 1 saturated carbocycles. The third-order valence-corrected chi connectivity index (χ3v) is 12.6. The predicted molar refractivity (Wildman–Crippen MR) is 245 cm³/mol. The number of rotatable bonds is 26. The van der Waals surface area contributed by atoms with Crippen molar-refractivity contribution in [3.8, 4) is 11.5 Å². The molecule has 3 aromatic carbocycles. The molecule has 2 aliphatic heterocycles. The first kappa shape index (κ1) is 50.0. The highest BCUT2D eigenvalue weighted by Gasteiger charge is 2.46. The number of ether oxygens (including phenoxy) is 8. The summed E-state index contributed by atoms with van der Waals surface area (Å²) in [5, 5.41) is 6.05. The van der Waals surface area contributed by atoms with Gasteiger partial charge in [-0.2, -0.15) is 0 Å². The fraction of sp³-hybridized carbons (Fsp3) is 0.480. The van der Waals surface area contributed by atoms with E-state index in [9.17, 15) is 28.4 Å². The van der Waals surface area contributed by atoms with Crippen molar-refractivity contribution >= 4 is 46.1 Å². The zero-order chi connectivity index (χ0) is 47.9. The first-order chi connectivity index (χ1) is 33.1. The maximum atomic E-state index is 14.1. The molecule has 364 valence electrons. The number of imide groups is 2. The minimum absolute atomic E-state index is 0.0413. The van der Waals surface area contributed by atoms with Crippen molar-refractivity contribution in [1.82, 2.24) is 15.2 Å². The van der Waals surface area contributed by atoms with Crippen molar-refractivity contribution < 1.29 is 66.3 Å². The van der Waals surface area contributed by atoms with Crippen LogP contribution >= 0.6 is 0 Å². The van der Waals surface area contributed by atoms with E-state index < -0.39 is 41.2 Å². The smallest absolute Gasteiger partial charge is 0.266 e. The van der Waals surface area contributed by atoms with E-state index in [2.05, 4.69) is 15.6 Å². The summed E-state index contributed by atoms with van der Waals surface area (Å²) in [6.07, 6.45) is 4.92. The van der Waals surface area contributed by atoms with Crippen LogP contribution in [0.4, 0.5) is 10.1 Å². The SMILES string of the molecule is COC1([C@@H](C)C(=O)Nc2ccc(OCCOCCOCCOCCOCCOCCOc3cccc4c3C(=O)N(C3CCC(=O)NC3=O)C4=O)cc2)CCC(c2ccnc3ccc(F)cc23)CC1. The molecule has 5 amide bonds. The second-order valence-corrected chi connectivity index (χ2v) is 16.7. The number of pyridine rings is 1. The number of carbonyl (C=O) groups is 5. The van der Waals surface area contributed by atoms with E-state index in [-0.39, 0.29) is 60.6 Å². The number of carbonyl (C=O) groups excluding carboxylic acids is 5. The standard InChI is InChI=1S/C50H59FN4O13/c1-33(50(61-2)17-14-34(15-18-50)38-16-19-52-41-11-6-35(51)32-40(38)41)46(57)53-36-7-9-37(10-8-36)67-30-28-65-26-24-63-22-20-62-21-23-64-25-27-66-29-31-68-43-5-3-4-39-45(43)49(60)55(48(39)59)42-12-13-44(56)54-47(42)58/h3-11,16,19,32-34,42H,12-15,17-18,20-31H2,1-2H3,(H,53,57)(H,54,56,58)/t33-,34?,42?,50?/m0/s1. The van der Waals surface area contributed by atoms with E-state index in [0.29, 0.717) is 90.3 Å². The maximum Gasteiger partial charge on any atom is 0.266 e. The number of piperidine rings is 1. The Morgan fingerprint density at radius 1 is 0.779 bits per heavy atom. The van der Waals surface area contributed by atoms with Crippen LogP contribution in [0.2, 0.25) is 0 Å². The molecule has 0 spiro atoms. The van der Waals surface area contributed by atoms with E-state index in [1.165, 1.54) is 12.1 Å². The summed E-state index contributed by atoms with van der Waals surface area (Å²) >= 11 is 0. The lowest BCUT2D eigenvalue weighted by atomic mass is 9.70. The Labute approximate surface area is 394 Å². The van der Waals surface area contributed by atoms with Gasteiger partial charge in [0.2, 0.25) is 17.7 Å². The topological polar surface area (TPSA) is 199 Å². The van der Waals surface area contributed by atoms with Crippen molar-refractivity contribution in [1.29, 1.82) is 0 Å². The van der Waals surface area contributed by atoms with Gasteiger partial charge in [-0.15, -0.1) is 0 Å². The third-order valence-electron chi connectivity index (χ3n) is 12.6. The molecule has 17 nitrogen and oxygen atoms in total. The monoisotopic (exact) mass is 942 g/mol. The van der Waals surface area contributed by atoms with Crippen LogP contribution in [0.15, 0.2) is 72.9 Å². The Bertz CT molecular complexity index is 2380. The van der Waals surface area contributed by atoms with Crippen LogP contribution in [0.5, 0.6) is 11.5 Å². The van der Waals surface area contributed by atoms with Gasteiger partial charge in [0, 0.05) is 30.8 Å². The van der Waals surface area contributed by atoms with Gasteiger partial charge in [0.15, 0.2) is 0 Å². The van der Waals surface area contributed by atoms with E-state index in [1.54, 1.807) is 61.8 Å². The molecule has 3 aliphatic rings. The normalized spacial score (nSPS) is 19.8. The van der Waals surface area contributed by atoms with Gasteiger partial charge < -0.3 is 43.2 Å². The second-order valence-electron chi connectivity index (χ2n) is 16.7. The van der Waals surface area contributed by atoms with Gasteiger partial charge >= 0.3 is 0 Å². The van der Waals surface area contributed by atoms with Gasteiger partial charge in [-0.05, 0) is 104 Å². The van der Waals surface area contributed by atoms with Crippen molar-refractivity contribution in [3.63, 3.8) is 0 Å². The first-order valence-electron chi connectivity index (χ1n) is 23.1. The van der Waals surface area contributed by atoms with Crippen LogP contribution in [0, 0.1) is 11.7 Å². The summed E-state index contributed by atoms with van der Waals surface area (Å²) in [6, 6.07) is 17.5. The molecule has 2 atom stereocenters. The number of anilines is 1. The van der Waals surface area contributed by atoms with Gasteiger partial charge in [-0.1, -0.05) is 13.0 Å². The summed E-state index contributed by atoms with van der Waals surface area (Å²) in [4.78, 5) is 68.8. The van der Waals surface area contributed by atoms with E-state index in [4.69, 9.17) is 37.9 Å². The van der Waals surface area contributed by atoms with E-state index in [0.717, 1.165) is 34.2 Å². The Balaban J connectivity index is 0.665. The van der Waals surface area contributed by atoms with Crippen molar-refractivity contribution in [2.75, 3.05) is 91.7 Å². The second kappa shape index (κ2) is 24.4. The van der Waals surface area contributed by atoms with Gasteiger partial charge in [0.25, 0.3) is 11.8 Å². The minimum Gasteiger partial charge on any atom is -0.491 e. The number of nitrogens with zero attached hydrogens (tertiary/aromatic N) is 2. The highest BCUT2D eigenvalue weighted by Crippen LogP contribution is 2.45. The Kier molecular flexibility index (Phi) is 17.9. The molecule has 1 aliphatic carbocycles. The number of hydrogen-bond acceptors (Lipinski definition) is 14. The fourth-order valence-corrected chi connectivity index (χ4v) is 8.87. The molecule has 4 aromatic rings. The molecule has 2 N–H and O–H groups in total. The van der Waals surface area contributed by atoms with Gasteiger partial charge in [-0.25, -0.2) is 4.39 Å². The quantitative estimate of drug-likeness (QED) is 0.0580. The zero-order valence-corrected chi connectivity index (χ0v) is 38.5. The summed E-state index contributed by atoms with van der Waals surface area (Å²) < 4.78 is 59.5. The lowest BCUT2D eigenvalue weighted by molar-refractivity contribution is -0.137. The molecular weight excluding hydrogens is 884 g/mol. The first-order valence-corrected chi connectivity index (χ1v) is 23.1. The highest BCUT2D eigenvalue weighted by molar-refractivity contribution is 6.24. The third kappa shape index (κ3) is 12.6. The number of aromatic nitrogens is 1. The van der Waals surface area contributed by atoms with Crippen LogP contribution in [-0.4, -0.2) is 137 Å². The van der Waals surface area contributed by atoms with Crippen LogP contribution < -0.4 is 20.1 Å². The number of amides is 5. The summed E-state index contributed by atoms with van der Waals surface area (Å²) in [7, 11) is 1.67. The lowest BCUT2D eigenvalue weighted by Crippen LogP contribution is -2.54. The van der Waals surface area contributed by atoms with Gasteiger partial charge in [0.05, 0.1) is 94.2 Å². The number of nitrogens with one attached hydrogen (secondary N) is 2. The number of halogens is 1. The molecule has 1 aromatic heterocycles. The van der Waals surface area contributed by atoms with Crippen LogP contribution in [-0.2, 0) is 42.8 Å². The molecule has 18 heteroatoms. The Hall–Kier alpha value is -5.89. The van der Waals surface area contributed by atoms with Gasteiger partial charge in [0.1, 0.15) is 36.6 Å². The summed E-state index contributed by atoms with van der Waals surface area (Å²) in [6.45, 7) is 6.02. The fourth-order valence-electron chi connectivity index (χ4n) is 8.87. The molecule has 2 fully saturated rings. The lowest BCUT2D eigenvalue weighted by Gasteiger charge is -2.43. The van der Waals surface area contributed by atoms with Crippen molar-refractivity contribution in [2.45, 2.75) is 63.0 Å². The average molecular weight is 943 g/mol. The maximum absolute atomic E-state index is 14.1. The van der Waals surface area contributed by atoms with Crippen LogP contribution in [0.25, 0.3) is 10.9 Å². The number of hydrogen-bond donors (Lipinski definition) is 2. The van der Waals surface area contributed by atoms with E-state index >= 15 is 0 Å². The molecule has 0 radical (unpaired) electrons. The molecule has 0 bridgehead atoms. The average Bonchev–Trinajstić information content (AvgIpc) is 3.60. The zero-order valence-electron chi connectivity index (χ0n) is 38.5. The molecule has 68 heavy (non-hydrogen) atoms. The van der Waals surface area contributed by atoms with Crippen LogP contribution in [0.1, 0.15) is 77.6 Å². The molecule has 3 heterocycles. The van der Waals surface area contributed by atoms with Crippen LogP contribution in [0.3, 0.4) is 0 Å². The Morgan fingerprint density at radius 2 is 1.40 bits per heavy atom. The molecule has 7 rings (SSSR count). The van der Waals surface area contributed by atoms with Crippen molar-refractivity contribution in [3.05, 3.63) is 95.4 Å². The molecular formula is C50H59FN4O13. The Morgan fingerprint density at radius 3 is 2.01 bits per heavy atom. The molecule has 1 unspecified atom stereocenters. The number of methoxy groups -OCH3 is 1. The van der Waals surface area contributed by atoms with Crippen molar-refractivity contribution in [2.24, 2.45) is 5.92 Å². The number of fused-ring (bicyclic) bond motifs is 2. The minimum atomic E-state index is -1.05. The van der Waals surface area contributed by atoms with E-state index in [1.807, 2.05) is 13.0 Å². The highest BCUT2D eigenvalue weighted by atomic mass is 19.1. The summed E-state index contributed by atoms with van der Waals surface area (Å²) in [5.74, 6) is -2.03. The number of benzene rings is 3. The predicted octanol–water partition coefficient (Wildman–Crippen LogP) is 5.63. The molecule has 1 saturated heterocycles.